The Kier molecular flexibility index (Phi) is 11.4. The molecule has 0 spiro atoms. The topological polar surface area (TPSA) is 51.6 Å². The zero-order valence-corrected chi connectivity index (χ0v) is 35.8. The van der Waals surface area contributed by atoms with Gasteiger partial charge in [-0.25, -0.2) is 15.0 Å². The minimum Gasteiger partial charge on any atom is -0.304 e. The van der Waals surface area contributed by atoms with E-state index >= 15 is 0 Å². The van der Waals surface area contributed by atoms with Gasteiger partial charge in [-0.3, -0.25) is 0 Å². The molecule has 0 aliphatic carbocycles. The summed E-state index contributed by atoms with van der Waals surface area (Å²) in [7, 11) is 0. The maximum absolute atomic E-state index is 5.06. The average Bonchev–Trinajstić information content (AvgIpc) is 3.27. The van der Waals surface area contributed by atoms with Crippen LogP contribution in [0, 0.1) is 19.9 Å². The molecule has 0 saturated carbocycles. The van der Waals surface area contributed by atoms with Gasteiger partial charge in [0.2, 0.25) is 0 Å². The number of nitrogens with zero attached hydrogens (tertiary/aromatic N) is 4. The molecule has 9 aromatic rings. The van der Waals surface area contributed by atoms with Gasteiger partial charge in [0.15, 0.2) is 17.5 Å². The molecule has 6 heteroatoms. The molecule has 0 bridgehead atoms. The molecule has 0 unspecified atom stereocenters. The average molecular weight is 989 g/mol. The maximum atomic E-state index is 5.06. The third-order valence-electron chi connectivity index (χ3n) is 10.0. The fourth-order valence-electron chi connectivity index (χ4n) is 7.30. The van der Waals surface area contributed by atoms with Crippen LogP contribution in [0.25, 0.3) is 89.9 Å². The number of benzene rings is 7. The SMILES string of the molecule is Cc1cc(C)cc(-c2ccccc2-c2c[c-]c(-c3ccc(-c4nc(-c5cccc(-c6ccccc6)c5)nc(-c5cccc(-c6ccccc6)c5)n4)cn3)cc2Br)c1.[Ir]. The minimum atomic E-state index is 0. The van der Waals surface area contributed by atoms with Gasteiger partial charge in [0.1, 0.15) is 0 Å². The van der Waals surface area contributed by atoms with Crippen LogP contribution in [-0.4, -0.2) is 19.9 Å². The monoisotopic (exact) mass is 988 g/mol. The minimum absolute atomic E-state index is 0. The Hall–Kier alpha value is -6.17. The van der Waals surface area contributed by atoms with Crippen molar-refractivity contribution in [2.45, 2.75) is 13.8 Å². The molecule has 58 heavy (non-hydrogen) atoms. The van der Waals surface area contributed by atoms with E-state index in [1.54, 1.807) is 0 Å². The van der Waals surface area contributed by atoms with Gasteiger partial charge in [-0.05, 0) is 65.1 Å². The van der Waals surface area contributed by atoms with E-state index in [2.05, 4.69) is 181 Å². The van der Waals surface area contributed by atoms with Gasteiger partial charge < -0.3 is 4.98 Å². The second-order valence-corrected chi connectivity index (χ2v) is 15.0. The van der Waals surface area contributed by atoms with E-state index in [1.807, 2.05) is 36.5 Å². The molecular formula is C52H36BrIrN4-. The first-order chi connectivity index (χ1) is 27.9. The van der Waals surface area contributed by atoms with Crippen molar-refractivity contribution >= 4 is 15.9 Å². The summed E-state index contributed by atoms with van der Waals surface area (Å²) >= 11 is 3.89. The molecule has 0 saturated heterocycles. The summed E-state index contributed by atoms with van der Waals surface area (Å²) in [6, 6.07) is 64.3. The second-order valence-electron chi connectivity index (χ2n) is 14.2. The molecule has 2 heterocycles. The van der Waals surface area contributed by atoms with E-state index in [0.717, 1.165) is 65.8 Å². The smallest absolute Gasteiger partial charge is 0.165 e. The molecule has 0 aliphatic rings. The molecule has 281 valence electrons. The number of hydrogen-bond donors (Lipinski definition) is 0. The Balaban J connectivity index is 0.00000469. The Bertz CT molecular complexity index is 2760. The predicted molar refractivity (Wildman–Crippen MR) is 237 cm³/mol. The first-order valence-corrected chi connectivity index (χ1v) is 19.7. The van der Waals surface area contributed by atoms with Crippen LogP contribution in [0.3, 0.4) is 0 Å². The molecule has 0 N–H and O–H groups in total. The van der Waals surface area contributed by atoms with Crippen LogP contribution in [0.5, 0.6) is 0 Å². The summed E-state index contributed by atoms with van der Waals surface area (Å²) < 4.78 is 0.973. The van der Waals surface area contributed by atoms with Gasteiger partial charge in [-0.15, -0.1) is 23.8 Å². The summed E-state index contributed by atoms with van der Waals surface area (Å²) in [5, 5.41) is 0. The Labute approximate surface area is 361 Å². The van der Waals surface area contributed by atoms with Gasteiger partial charge in [-0.2, -0.15) is 0 Å². The van der Waals surface area contributed by atoms with Crippen molar-refractivity contribution in [3.8, 4) is 89.9 Å². The van der Waals surface area contributed by atoms with Crippen molar-refractivity contribution in [2.24, 2.45) is 0 Å². The fourth-order valence-corrected chi connectivity index (χ4v) is 7.86. The number of aryl methyl sites for hydroxylation is 2. The molecule has 4 nitrogen and oxygen atoms in total. The van der Waals surface area contributed by atoms with Crippen LogP contribution in [0.2, 0.25) is 0 Å². The summed E-state index contributed by atoms with van der Waals surface area (Å²) in [4.78, 5) is 20.1. The summed E-state index contributed by atoms with van der Waals surface area (Å²) in [6.07, 6.45) is 1.84. The molecule has 2 aromatic heterocycles. The number of rotatable bonds is 8. The van der Waals surface area contributed by atoms with Gasteiger partial charge in [-0.1, -0.05) is 194 Å². The van der Waals surface area contributed by atoms with Gasteiger partial charge in [0, 0.05) is 43.0 Å². The van der Waals surface area contributed by atoms with Crippen LogP contribution in [0.15, 0.2) is 187 Å². The number of hydrogen-bond acceptors (Lipinski definition) is 4. The van der Waals surface area contributed by atoms with Crippen LogP contribution in [0.4, 0.5) is 0 Å². The first kappa shape index (κ1) is 38.7. The molecule has 7 aromatic carbocycles. The third kappa shape index (κ3) is 8.27. The van der Waals surface area contributed by atoms with Crippen LogP contribution in [-0.2, 0) is 20.1 Å². The largest absolute Gasteiger partial charge is 0.304 e. The Morgan fingerprint density at radius 2 is 0.914 bits per heavy atom. The Morgan fingerprint density at radius 1 is 0.414 bits per heavy atom. The van der Waals surface area contributed by atoms with Crippen LogP contribution in [0.1, 0.15) is 11.1 Å². The van der Waals surface area contributed by atoms with E-state index in [0.29, 0.717) is 17.5 Å². The molecular weight excluding hydrogens is 953 g/mol. The zero-order valence-electron chi connectivity index (χ0n) is 31.8. The first-order valence-electron chi connectivity index (χ1n) is 18.9. The predicted octanol–water partition coefficient (Wildman–Crippen LogP) is 13.8. The normalized spacial score (nSPS) is 10.9. The summed E-state index contributed by atoms with van der Waals surface area (Å²) in [5.41, 5.74) is 15.8. The van der Waals surface area contributed by atoms with Crippen molar-refractivity contribution in [3.05, 3.63) is 204 Å². The maximum Gasteiger partial charge on any atom is 0.165 e. The Morgan fingerprint density at radius 3 is 1.45 bits per heavy atom. The third-order valence-corrected chi connectivity index (χ3v) is 10.7. The molecule has 0 aliphatic heterocycles. The number of aromatic nitrogens is 4. The van der Waals surface area contributed by atoms with Crippen molar-refractivity contribution in [3.63, 3.8) is 0 Å². The van der Waals surface area contributed by atoms with E-state index < -0.39 is 0 Å². The van der Waals surface area contributed by atoms with Crippen molar-refractivity contribution in [1.82, 2.24) is 19.9 Å². The molecule has 0 fully saturated rings. The zero-order chi connectivity index (χ0) is 38.7. The van der Waals surface area contributed by atoms with Crippen molar-refractivity contribution in [2.75, 3.05) is 0 Å². The van der Waals surface area contributed by atoms with E-state index in [9.17, 15) is 0 Å². The number of pyridine rings is 1. The molecule has 0 amide bonds. The van der Waals surface area contributed by atoms with E-state index in [1.165, 1.54) is 22.3 Å². The van der Waals surface area contributed by atoms with Gasteiger partial charge >= 0.3 is 0 Å². The quantitative estimate of drug-likeness (QED) is 0.142. The van der Waals surface area contributed by atoms with Crippen LogP contribution >= 0.6 is 15.9 Å². The molecule has 0 atom stereocenters. The summed E-state index contributed by atoms with van der Waals surface area (Å²) in [6.45, 7) is 4.29. The van der Waals surface area contributed by atoms with Gasteiger partial charge in [0.05, 0.1) is 0 Å². The fraction of sp³-hybridized carbons (Fsp3) is 0.0385. The van der Waals surface area contributed by atoms with Gasteiger partial charge in [0.25, 0.3) is 0 Å². The molecule has 1 radical (unpaired) electrons. The van der Waals surface area contributed by atoms with E-state index in [4.69, 9.17) is 19.9 Å². The second kappa shape index (κ2) is 17.1. The molecule has 9 rings (SSSR count). The van der Waals surface area contributed by atoms with Crippen molar-refractivity contribution < 1.29 is 20.1 Å². The standard InChI is InChI=1S/C52H36BrN4.Ir/c1-34-27-35(2)29-44(28-34)45-21-9-10-22-46(45)47-25-23-40(32-48(47)53)49-26-24-43(33-54-49)52-56-50(41-19-11-17-38(30-41)36-13-5-3-6-14-36)55-51(57-52)42-20-12-18-39(31-42)37-15-7-4-8-16-37;/h3-22,24-33H,1-2H3;/q-1;. The van der Waals surface area contributed by atoms with Crippen LogP contribution < -0.4 is 0 Å². The number of halogens is 1. The van der Waals surface area contributed by atoms with Crippen molar-refractivity contribution in [1.29, 1.82) is 0 Å². The summed E-state index contributed by atoms with van der Waals surface area (Å²) in [5.74, 6) is 1.74. The van der Waals surface area contributed by atoms with E-state index in [-0.39, 0.29) is 20.1 Å².